The van der Waals surface area contributed by atoms with Gasteiger partial charge in [0.05, 0.1) is 20.3 Å². The number of hydrogen-bond donors (Lipinski definition) is 2. The number of aliphatic hydroxyl groups is 1. The van der Waals surface area contributed by atoms with E-state index in [2.05, 4.69) is 19.2 Å². The van der Waals surface area contributed by atoms with Crippen molar-refractivity contribution in [3.05, 3.63) is 23.8 Å². The van der Waals surface area contributed by atoms with Crippen LogP contribution >= 0.6 is 0 Å². The van der Waals surface area contributed by atoms with E-state index in [1.165, 1.54) is 0 Å². The van der Waals surface area contributed by atoms with Gasteiger partial charge in [-0.25, -0.2) is 0 Å². The Balaban J connectivity index is 3.10. The van der Waals surface area contributed by atoms with E-state index in [9.17, 15) is 5.11 Å². The summed E-state index contributed by atoms with van der Waals surface area (Å²) >= 11 is 0. The molecule has 4 nitrogen and oxygen atoms in total. The molecular formula is C15H25NO3. The van der Waals surface area contributed by atoms with Crippen LogP contribution in [0.15, 0.2) is 18.2 Å². The second kappa shape index (κ2) is 7.36. The van der Waals surface area contributed by atoms with Crippen LogP contribution in [0, 0.1) is 5.92 Å². The number of aliphatic hydroxyl groups excluding tert-OH is 1. The molecule has 2 atom stereocenters. The quantitative estimate of drug-likeness (QED) is 0.796. The highest BCUT2D eigenvalue weighted by atomic mass is 16.5. The monoisotopic (exact) mass is 267 g/mol. The molecule has 1 aromatic rings. The Morgan fingerprint density at radius 1 is 1.21 bits per heavy atom. The summed E-state index contributed by atoms with van der Waals surface area (Å²) in [7, 11) is 3.22. The highest BCUT2D eigenvalue weighted by Gasteiger charge is 2.26. The van der Waals surface area contributed by atoms with Gasteiger partial charge in [0.1, 0.15) is 11.5 Å². The minimum Gasteiger partial charge on any atom is -0.497 e. The van der Waals surface area contributed by atoms with Crippen molar-refractivity contribution in [2.45, 2.75) is 32.9 Å². The SMILES string of the molecule is CCNC(C(C)C)C(O)c1cc(OC)ccc1OC. The highest BCUT2D eigenvalue weighted by molar-refractivity contribution is 5.42. The third-order valence-corrected chi connectivity index (χ3v) is 3.25. The Morgan fingerprint density at radius 3 is 2.37 bits per heavy atom. The van der Waals surface area contributed by atoms with Gasteiger partial charge in [-0.15, -0.1) is 0 Å². The number of nitrogens with one attached hydrogen (secondary N) is 1. The van der Waals surface area contributed by atoms with Crippen molar-refractivity contribution in [1.82, 2.24) is 5.32 Å². The molecule has 0 aliphatic rings. The summed E-state index contributed by atoms with van der Waals surface area (Å²) in [5, 5.41) is 13.9. The van der Waals surface area contributed by atoms with Crippen LogP contribution in [-0.2, 0) is 0 Å². The van der Waals surface area contributed by atoms with Gasteiger partial charge in [-0.05, 0) is 30.7 Å². The first kappa shape index (κ1) is 15.8. The van der Waals surface area contributed by atoms with Gasteiger partial charge in [0.2, 0.25) is 0 Å². The molecular weight excluding hydrogens is 242 g/mol. The Hall–Kier alpha value is -1.26. The Labute approximate surface area is 115 Å². The van der Waals surface area contributed by atoms with Crippen molar-refractivity contribution in [3.8, 4) is 11.5 Å². The average molecular weight is 267 g/mol. The van der Waals surface area contributed by atoms with Crippen LogP contribution in [0.5, 0.6) is 11.5 Å². The minimum absolute atomic E-state index is 0.0222. The molecule has 19 heavy (non-hydrogen) atoms. The average Bonchev–Trinajstić information content (AvgIpc) is 2.42. The maximum Gasteiger partial charge on any atom is 0.124 e. The molecule has 0 spiro atoms. The standard InChI is InChI=1S/C15H25NO3/c1-6-16-14(10(2)3)15(17)12-9-11(18-4)7-8-13(12)19-5/h7-10,14-17H,6H2,1-5H3. The largest absolute Gasteiger partial charge is 0.497 e. The summed E-state index contributed by atoms with van der Waals surface area (Å²) in [6, 6.07) is 5.45. The second-order valence-corrected chi connectivity index (χ2v) is 4.88. The third kappa shape index (κ3) is 3.85. The molecule has 1 rings (SSSR count). The van der Waals surface area contributed by atoms with Crippen molar-refractivity contribution >= 4 is 0 Å². The molecule has 0 radical (unpaired) electrons. The lowest BCUT2D eigenvalue weighted by atomic mass is 9.92. The molecule has 4 heteroatoms. The van der Waals surface area contributed by atoms with Crippen LogP contribution in [0.25, 0.3) is 0 Å². The number of ether oxygens (including phenoxy) is 2. The summed E-state index contributed by atoms with van der Waals surface area (Å²) in [5.41, 5.74) is 0.751. The van der Waals surface area contributed by atoms with Crippen LogP contribution in [0.3, 0.4) is 0 Å². The predicted molar refractivity (Wildman–Crippen MR) is 76.8 cm³/mol. The molecule has 0 aromatic heterocycles. The lowest BCUT2D eigenvalue weighted by molar-refractivity contribution is 0.103. The first-order chi connectivity index (χ1) is 9.04. The third-order valence-electron chi connectivity index (χ3n) is 3.25. The van der Waals surface area contributed by atoms with Crippen molar-refractivity contribution in [1.29, 1.82) is 0 Å². The lowest BCUT2D eigenvalue weighted by Gasteiger charge is -2.28. The van der Waals surface area contributed by atoms with E-state index >= 15 is 0 Å². The van der Waals surface area contributed by atoms with E-state index in [0.717, 1.165) is 12.1 Å². The van der Waals surface area contributed by atoms with Crippen LogP contribution in [0.1, 0.15) is 32.4 Å². The van der Waals surface area contributed by atoms with E-state index in [1.54, 1.807) is 14.2 Å². The molecule has 2 N–H and O–H groups in total. The van der Waals surface area contributed by atoms with Crippen molar-refractivity contribution < 1.29 is 14.6 Å². The van der Waals surface area contributed by atoms with E-state index < -0.39 is 6.10 Å². The first-order valence-corrected chi connectivity index (χ1v) is 6.68. The smallest absolute Gasteiger partial charge is 0.124 e. The van der Waals surface area contributed by atoms with Crippen molar-refractivity contribution in [2.75, 3.05) is 20.8 Å². The molecule has 0 bridgehead atoms. The summed E-state index contributed by atoms with van der Waals surface area (Å²) < 4.78 is 10.5. The van der Waals surface area contributed by atoms with Crippen LogP contribution in [0.4, 0.5) is 0 Å². The van der Waals surface area contributed by atoms with E-state index in [1.807, 2.05) is 25.1 Å². The Kier molecular flexibility index (Phi) is 6.12. The van der Waals surface area contributed by atoms with Gasteiger partial charge in [0, 0.05) is 11.6 Å². The molecule has 0 fully saturated rings. The van der Waals surface area contributed by atoms with E-state index in [-0.39, 0.29) is 6.04 Å². The zero-order chi connectivity index (χ0) is 14.4. The van der Waals surface area contributed by atoms with Crippen LogP contribution < -0.4 is 14.8 Å². The number of likely N-dealkylation sites (N-methyl/N-ethyl adjacent to an activating group) is 1. The first-order valence-electron chi connectivity index (χ1n) is 6.68. The normalized spacial score (nSPS) is 14.3. The zero-order valence-electron chi connectivity index (χ0n) is 12.4. The second-order valence-electron chi connectivity index (χ2n) is 4.88. The van der Waals surface area contributed by atoms with Gasteiger partial charge in [0.25, 0.3) is 0 Å². The lowest BCUT2D eigenvalue weighted by Crippen LogP contribution is -2.39. The summed E-state index contributed by atoms with van der Waals surface area (Å²) in [6.07, 6.45) is -0.634. The predicted octanol–water partition coefficient (Wildman–Crippen LogP) is 2.37. The Morgan fingerprint density at radius 2 is 1.89 bits per heavy atom. The van der Waals surface area contributed by atoms with Crippen molar-refractivity contribution in [3.63, 3.8) is 0 Å². The molecule has 0 saturated heterocycles. The van der Waals surface area contributed by atoms with Gasteiger partial charge in [-0.3, -0.25) is 0 Å². The van der Waals surface area contributed by atoms with Gasteiger partial charge in [0.15, 0.2) is 0 Å². The molecule has 0 aliphatic carbocycles. The minimum atomic E-state index is -0.634. The zero-order valence-corrected chi connectivity index (χ0v) is 12.4. The summed E-state index contributed by atoms with van der Waals surface area (Å²) in [6.45, 7) is 7.02. The number of methoxy groups -OCH3 is 2. The van der Waals surface area contributed by atoms with Crippen LogP contribution in [0.2, 0.25) is 0 Å². The topological polar surface area (TPSA) is 50.7 Å². The number of rotatable bonds is 7. The molecule has 2 unspecified atom stereocenters. The molecule has 0 saturated carbocycles. The fourth-order valence-electron chi connectivity index (χ4n) is 2.21. The fraction of sp³-hybridized carbons (Fsp3) is 0.600. The molecule has 0 heterocycles. The van der Waals surface area contributed by atoms with Crippen LogP contribution in [-0.4, -0.2) is 31.9 Å². The molecule has 108 valence electrons. The summed E-state index contributed by atoms with van der Waals surface area (Å²) in [5.74, 6) is 1.71. The summed E-state index contributed by atoms with van der Waals surface area (Å²) in [4.78, 5) is 0. The maximum atomic E-state index is 10.6. The molecule has 0 amide bonds. The van der Waals surface area contributed by atoms with Gasteiger partial charge < -0.3 is 19.9 Å². The van der Waals surface area contributed by atoms with Gasteiger partial charge >= 0.3 is 0 Å². The van der Waals surface area contributed by atoms with E-state index in [4.69, 9.17) is 9.47 Å². The fourth-order valence-corrected chi connectivity index (χ4v) is 2.21. The van der Waals surface area contributed by atoms with Crippen molar-refractivity contribution in [2.24, 2.45) is 5.92 Å². The highest BCUT2D eigenvalue weighted by Crippen LogP contribution is 2.32. The number of benzene rings is 1. The van der Waals surface area contributed by atoms with E-state index in [0.29, 0.717) is 17.4 Å². The number of hydrogen-bond acceptors (Lipinski definition) is 4. The van der Waals surface area contributed by atoms with Gasteiger partial charge in [-0.1, -0.05) is 20.8 Å². The Bertz CT molecular complexity index is 393. The maximum absolute atomic E-state index is 10.6. The van der Waals surface area contributed by atoms with Gasteiger partial charge in [-0.2, -0.15) is 0 Å². The molecule has 0 aliphatic heterocycles. The molecule has 1 aromatic carbocycles.